The molecule has 0 spiro atoms. The lowest BCUT2D eigenvalue weighted by atomic mass is 9.69. The zero-order chi connectivity index (χ0) is 14.7. The van der Waals surface area contributed by atoms with E-state index in [4.69, 9.17) is 0 Å². The van der Waals surface area contributed by atoms with Crippen LogP contribution in [0.25, 0.3) is 0 Å². The van der Waals surface area contributed by atoms with Crippen molar-refractivity contribution in [3.63, 3.8) is 0 Å². The standard InChI is InChI=1S/C19H21NO/c1-2-17-19(14-18(21)20-17,16-11-7-4-8-12-16)13-15-9-5-3-6-10-15/h3-12,17H,2,13-14H2,1H3,(H,20,21). The monoisotopic (exact) mass is 279 g/mol. The van der Waals surface area contributed by atoms with Crippen molar-refractivity contribution >= 4 is 5.91 Å². The number of hydrogen-bond acceptors (Lipinski definition) is 1. The van der Waals surface area contributed by atoms with Crippen LogP contribution in [0.15, 0.2) is 60.7 Å². The van der Waals surface area contributed by atoms with Crippen molar-refractivity contribution in [1.29, 1.82) is 0 Å². The van der Waals surface area contributed by atoms with Gasteiger partial charge in [0.05, 0.1) is 0 Å². The number of amides is 1. The molecule has 108 valence electrons. The van der Waals surface area contributed by atoms with Crippen molar-refractivity contribution in [2.24, 2.45) is 0 Å². The molecule has 1 aliphatic heterocycles. The van der Waals surface area contributed by atoms with Gasteiger partial charge in [0.2, 0.25) is 5.91 Å². The van der Waals surface area contributed by atoms with Gasteiger partial charge >= 0.3 is 0 Å². The van der Waals surface area contributed by atoms with Gasteiger partial charge in [-0.3, -0.25) is 4.79 Å². The second-order valence-electron chi connectivity index (χ2n) is 5.89. The summed E-state index contributed by atoms with van der Waals surface area (Å²) in [6, 6.07) is 21.2. The van der Waals surface area contributed by atoms with E-state index < -0.39 is 0 Å². The van der Waals surface area contributed by atoms with Gasteiger partial charge in [-0.05, 0) is 24.0 Å². The quantitative estimate of drug-likeness (QED) is 0.912. The Morgan fingerprint density at radius 3 is 2.29 bits per heavy atom. The third kappa shape index (κ3) is 2.58. The minimum atomic E-state index is -0.131. The van der Waals surface area contributed by atoms with Crippen LogP contribution in [0.1, 0.15) is 30.9 Å². The molecule has 1 heterocycles. The largest absolute Gasteiger partial charge is 0.352 e. The maximum absolute atomic E-state index is 12.1. The molecule has 0 bridgehead atoms. The second-order valence-corrected chi connectivity index (χ2v) is 5.89. The zero-order valence-electron chi connectivity index (χ0n) is 12.4. The molecule has 2 aromatic rings. The van der Waals surface area contributed by atoms with Gasteiger partial charge in [0.15, 0.2) is 0 Å². The molecule has 1 saturated heterocycles. The third-order valence-corrected chi connectivity index (χ3v) is 4.60. The highest BCUT2D eigenvalue weighted by Gasteiger charge is 2.46. The summed E-state index contributed by atoms with van der Waals surface area (Å²) in [4.78, 5) is 12.1. The molecular formula is C19H21NO. The van der Waals surface area contributed by atoms with Crippen molar-refractivity contribution in [3.8, 4) is 0 Å². The van der Waals surface area contributed by atoms with E-state index in [0.29, 0.717) is 6.42 Å². The molecule has 2 atom stereocenters. The van der Waals surface area contributed by atoms with Crippen LogP contribution in [-0.4, -0.2) is 11.9 Å². The minimum absolute atomic E-state index is 0.131. The van der Waals surface area contributed by atoms with E-state index in [1.165, 1.54) is 11.1 Å². The number of carbonyl (C=O) groups is 1. The predicted molar refractivity (Wildman–Crippen MR) is 85.1 cm³/mol. The molecule has 2 nitrogen and oxygen atoms in total. The first-order chi connectivity index (χ1) is 10.2. The fraction of sp³-hybridized carbons (Fsp3) is 0.316. The van der Waals surface area contributed by atoms with Crippen LogP contribution in [0.2, 0.25) is 0 Å². The van der Waals surface area contributed by atoms with Gasteiger partial charge in [0.1, 0.15) is 0 Å². The maximum atomic E-state index is 12.1. The molecule has 1 fully saturated rings. The van der Waals surface area contributed by atoms with Crippen LogP contribution in [0.4, 0.5) is 0 Å². The Labute approximate surface area is 126 Å². The summed E-state index contributed by atoms with van der Waals surface area (Å²) < 4.78 is 0. The molecule has 2 unspecified atom stereocenters. The highest BCUT2D eigenvalue weighted by molar-refractivity contribution is 5.81. The number of hydrogen-bond donors (Lipinski definition) is 1. The van der Waals surface area contributed by atoms with Gasteiger partial charge in [-0.25, -0.2) is 0 Å². The van der Waals surface area contributed by atoms with Crippen molar-refractivity contribution < 1.29 is 4.79 Å². The Morgan fingerprint density at radius 2 is 1.67 bits per heavy atom. The Hall–Kier alpha value is -2.09. The van der Waals surface area contributed by atoms with E-state index in [1.54, 1.807) is 0 Å². The third-order valence-electron chi connectivity index (χ3n) is 4.60. The second kappa shape index (κ2) is 5.72. The van der Waals surface area contributed by atoms with Gasteiger partial charge in [0, 0.05) is 17.9 Å². The van der Waals surface area contributed by atoms with Gasteiger partial charge in [0.25, 0.3) is 0 Å². The number of rotatable bonds is 4. The van der Waals surface area contributed by atoms with E-state index in [1.807, 2.05) is 12.1 Å². The Morgan fingerprint density at radius 1 is 1.05 bits per heavy atom. The first-order valence-electron chi connectivity index (χ1n) is 7.63. The molecule has 0 radical (unpaired) electrons. The molecule has 3 rings (SSSR count). The first kappa shape index (κ1) is 13.9. The van der Waals surface area contributed by atoms with Crippen molar-refractivity contribution in [2.45, 2.75) is 37.6 Å². The first-order valence-corrected chi connectivity index (χ1v) is 7.63. The summed E-state index contributed by atoms with van der Waals surface area (Å²) in [6.07, 6.45) is 2.42. The Balaban J connectivity index is 2.05. The predicted octanol–water partition coefficient (Wildman–Crippen LogP) is 3.47. The zero-order valence-corrected chi connectivity index (χ0v) is 12.4. The fourth-order valence-electron chi connectivity index (χ4n) is 3.61. The summed E-state index contributed by atoms with van der Waals surface area (Å²) in [7, 11) is 0. The topological polar surface area (TPSA) is 29.1 Å². The Bertz CT molecular complexity index is 608. The van der Waals surface area contributed by atoms with Crippen molar-refractivity contribution in [1.82, 2.24) is 5.32 Å². The maximum Gasteiger partial charge on any atom is 0.221 e. The molecule has 2 heteroatoms. The highest BCUT2D eigenvalue weighted by Crippen LogP contribution is 2.40. The highest BCUT2D eigenvalue weighted by atomic mass is 16.2. The number of benzene rings is 2. The van der Waals surface area contributed by atoms with Crippen LogP contribution in [0.5, 0.6) is 0 Å². The summed E-state index contributed by atoms with van der Waals surface area (Å²) in [5, 5.41) is 3.17. The van der Waals surface area contributed by atoms with Crippen LogP contribution < -0.4 is 5.32 Å². The minimum Gasteiger partial charge on any atom is -0.352 e. The van der Waals surface area contributed by atoms with Crippen LogP contribution >= 0.6 is 0 Å². The van der Waals surface area contributed by atoms with Gasteiger partial charge in [-0.2, -0.15) is 0 Å². The normalized spacial score (nSPS) is 24.8. The van der Waals surface area contributed by atoms with Crippen LogP contribution in [0.3, 0.4) is 0 Å². The molecular weight excluding hydrogens is 258 g/mol. The summed E-state index contributed by atoms with van der Waals surface area (Å²) in [5.41, 5.74) is 2.42. The van der Waals surface area contributed by atoms with E-state index in [0.717, 1.165) is 12.8 Å². The Kier molecular flexibility index (Phi) is 3.78. The van der Waals surface area contributed by atoms with E-state index in [-0.39, 0.29) is 17.4 Å². The van der Waals surface area contributed by atoms with E-state index >= 15 is 0 Å². The average molecular weight is 279 g/mol. The fourth-order valence-corrected chi connectivity index (χ4v) is 3.61. The molecule has 0 aromatic heterocycles. The molecule has 1 aliphatic rings. The summed E-state index contributed by atoms with van der Waals surface area (Å²) >= 11 is 0. The lowest BCUT2D eigenvalue weighted by molar-refractivity contribution is -0.119. The lowest BCUT2D eigenvalue weighted by Gasteiger charge is -2.34. The molecule has 1 amide bonds. The number of nitrogens with one attached hydrogen (secondary N) is 1. The molecule has 21 heavy (non-hydrogen) atoms. The van der Waals surface area contributed by atoms with Gasteiger partial charge < -0.3 is 5.32 Å². The average Bonchev–Trinajstić information content (AvgIpc) is 2.86. The van der Waals surface area contributed by atoms with Gasteiger partial charge in [-0.15, -0.1) is 0 Å². The van der Waals surface area contributed by atoms with Gasteiger partial charge in [-0.1, -0.05) is 67.6 Å². The van der Waals surface area contributed by atoms with E-state index in [2.05, 4.69) is 60.8 Å². The molecule has 0 aliphatic carbocycles. The lowest BCUT2D eigenvalue weighted by Crippen LogP contribution is -2.41. The van der Waals surface area contributed by atoms with Crippen LogP contribution in [-0.2, 0) is 16.6 Å². The van der Waals surface area contributed by atoms with Crippen molar-refractivity contribution in [2.75, 3.05) is 0 Å². The molecule has 1 N–H and O–H groups in total. The molecule has 2 aromatic carbocycles. The van der Waals surface area contributed by atoms with E-state index in [9.17, 15) is 4.79 Å². The smallest absolute Gasteiger partial charge is 0.221 e. The summed E-state index contributed by atoms with van der Waals surface area (Å²) in [6.45, 7) is 2.15. The SMILES string of the molecule is CCC1NC(=O)CC1(Cc1ccccc1)c1ccccc1. The summed E-state index contributed by atoms with van der Waals surface area (Å²) in [5.74, 6) is 0.168. The number of carbonyl (C=O) groups excluding carboxylic acids is 1. The van der Waals surface area contributed by atoms with Crippen molar-refractivity contribution in [3.05, 3.63) is 71.8 Å². The van der Waals surface area contributed by atoms with Crippen LogP contribution in [0, 0.1) is 0 Å². The molecule has 0 saturated carbocycles.